The Bertz CT molecular complexity index is 1200. The molecule has 0 unspecified atom stereocenters. The number of thioether (sulfide) groups is 1. The number of nitrogens with zero attached hydrogens (tertiary/aromatic N) is 3. The molecule has 0 bridgehead atoms. The molecule has 0 fully saturated rings. The van der Waals surface area contributed by atoms with E-state index in [4.69, 9.17) is 32.7 Å². The molecular formula is C21H18Cl2N4O5S. The van der Waals surface area contributed by atoms with Crippen LogP contribution >= 0.6 is 35.0 Å². The zero-order chi connectivity index (χ0) is 24.1. The van der Waals surface area contributed by atoms with Gasteiger partial charge in [0.2, 0.25) is 5.91 Å². The maximum Gasteiger partial charge on any atom is 0.337 e. The van der Waals surface area contributed by atoms with E-state index in [0.717, 1.165) is 17.3 Å². The van der Waals surface area contributed by atoms with Crippen LogP contribution in [0.2, 0.25) is 10.0 Å². The van der Waals surface area contributed by atoms with E-state index in [1.807, 2.05) is 0 Å². The smallest absolute Gasteiger partial charge is 0.337 e. The fraction of sp³-hybridized carbons (Fsp3) is 0.190. The predicted octanol–water partition coefficient (Wildman–Crippen LogP) is 4.09. The van der Waals surface area contributed by atoms with E-state index in [0.29, 0.717) is 21.0 Å². The standard InChI is InChI=1S/C21H18Cl2N4O5S/c1-27-18(11-4-5-15(22)16(23)9-11)25-26-21(27)33-10-17(28)24-14-7-12(19(29)31-2)6-13(8-14)20(30)32-3/h4-9H,10H2,1-3H3,(H,24,28). The number of benzene rings is 2. The van der Waals surface area contributed by atoms with Crippen LogP contribution in [-0.4, -0.2) is 52.6 Å². The van der Waals surface area contributed by atoms with Crippen molar-refractivity contribution in [1.82, 2.24) is 14.8 Å². The van der Waals surface area contributed by atoms with Crippen molar-refractivity contribution in [1.29, 1.82) is 0 Å². The zero-order valence-electron chi connectivity index (χ0n) is 17.7. The Balaban J connectivity index is 1.72. The Hall–Kier alpha value is -3.08. The highest BCUT2D eigenvalue weighted by atomic mass is 35.5. The molecule has 3 aromatic rings. The molecule has 1 N–H and O–H groups in total. The van der Waals surface area contributed by atoms with Crippen molar-refractivity contribution in [3.63, 3.8) is 0 Å². The summed E-state index contributed by atoms with van der Waals surface area (Å²) in [6.07, 6.45) is 0. The Morgan fingerprint density at radius 2 is 1.61 bits per heavy atom. The predicted molar refractivity (Wildman–Crippen MR) is 125 cm³/mol. The van der Waals surface area contributed by atoms with E-state index < -0.39 is 11.9 Å². The van der Waals surface area contributed by atoms with Gasteiger partial charge in [0.05, 0.1) is 41.1 Å². The van der Waals surface area contributed by atoms with Crippen molar-refractivity contribution in [2.75, 3.05) is 25.3 Å². The molecule has 0 aliphatic heterocycles. The van der Waals surface area contributed by atoms with Crippen LogP contribution in [0.3, 0.4) is 0 Å². The summed E-state index contributed by atoms with van der Waals surface area (Å²) in [5.41, 5.74) is 1.18. The van der Waals surface area contributed by atoms with Crippen LogP contribution in [0.25, 0.3) is 11.4 Å². The summed E-state index contributed by atoms with van der Waals surface area (Å²) in [5.74, 6) is -1.12. The molecule has 0 radical (unpaired) electrons. The Kier molecular flexibility index (Phi) is 7.96. The lowest BCUT2D eigenvalue weighted by molar-refractivity contribution is -0.113. The molecule has 0 aliphatic carbocycles. The van der Waals surface area contributed by atoms with Crippen molar-refractivity contribution in [2.45, 2.75) is 5.16 Å². The Morgan fingerprint density at radius 3 is 2.18 bits per heavy atom. The molecule has 0 aliphatic rings. The average Bonchev–Trinajstić information content (AvgIpc) is 3.18. The van der Waals surface area contributed by atoms with Gasteiger partial charge in [0.15, 0.2) is 11.0 Å². The number of halogens is 2. The molecule has 1 heterocycles. The summed E-state index contributed by atoms with van der Waals surface area (Å²) in [6, 6.07) is 9.26. The topological polar surface area (TPSA) is 112 Å². The summed E-state index contributed by atoms with van der Waals surface area (Å²) < 4.78 is 11.1. The molecule has 0 spiro atoms. The number of ether oxygens (including phenoxy) is 2. The van der Waals surface area contributed by atoms with Gasteiger partial charge >= 0.3 is 11.9 Å². The minimum atomic E-state index is -0.653. The fourth-order valence-electron chi connectivity index (χ4n) is 2.83. The lowest BCUT2D eigenvalue weighted by Crippen LogP contribution is -2.16. The molecule has 0 atom stereocenters. The maximum absolute atomic E-state index is 12.5. The number of amides is 1. The molecule has 0 saturated heterocycles. The summed E-state index contributed by atoms with van der Waals surface area (Å²) >= 11 is 13.2. The number of carbonyl (C=O) groups excluding carboxylic acids is 3. The molecular weight excluding hydrogens is 491 g/mol. The Labute approximate surface area is 203 Å². The minimum Gasteiger partial charge on any atom is -0.465 e. The first-order valence-corrected chi connectivity index (χ1v) is 11.1. The van der Waals surface area contributed by atoms with E-state index in [-0.39, 0.29) is 28.5 Å². The molecule has 172 valence electrons. The van der Waals surface area contributed by atoms with E-state index in [2.05, 4.69) is 15.5 Å². The van der Waals surface area contributed by atoms with Gasteiger partial charge in [-0.15, -0.1) is 10.2 Å². The van der Waals surface area contributed by atoms with Crippen molar-refractivity contribution >= 4 is 58.5 Å². The van der Waals surface area contributed by atoms with Gasteiger partial charge in [0.1, 0.15) is 0 Å². The van der Waals surface area contributed by atoms with Crippen LogP contribution in [0.15, 0.2) is 41.6 Å². The molecule has 33 heavy (non-hydrogen) atoms. The fourth-order valence-corrected chi connectivity index (χ4v) is 3.83. The van der Waals surface area contributed by atoms with Gasteiger partial charge in [0, 0.05) is 18.3 Å². The monoisotopic (exact) mass is 508 g/mol. The number of hydrogen-bond acceptors (Lipinski definition) is 8. The van der Waals surface area contributed by atoms with Gasteiger partial charge in [-0.1, -0.05) is 35.0 Å². The van der Waals surface area contributed by atoms with Gasteiger partial charge < -0.3 is 19.4 Å². The second kappa shape index (κ2) is 10.7. The van der Waals surface area contributed by atoms with Gasteiger partial charge in [0.25, 0.3) is 0 Å². The van der Waals surface area contributed by atoms with Crippen molar-refractivity contribution in [2.24, 2.45) is 7.05 Å². The van der Waals surface area contributed by atoms with Gasteiger partial charge in [-0.3, -0.25) is 4.79 Å². The summed E-state index contributed by atoms with van der Waals surface area (Å²) in [5, 5.41) is 12.3. The first-order valence-electron chi connectivity index (χ1n) is 9.32. The summed E-state index contributed by atoms with van der Waals surface area (Å²) in [4.78, 5) is 36.3. The SMILES string of the molecule is COC(=O)c1cc(NC(=O)CSc2nnc(-c3ccc(Cl)c(Cl)c3)n2C)cc(C(=O)OC)c1. The van der Waals surface area contributed by atoms with Gasteiger partial charge in [-0.2, -0.15) is 0 Å². The molecule has 3 rings (SSSR count). The lowest BCUT2D eigenvalue weighted by atomic mass is 10.1. The quantitative estimate of drug-likeness (QED) is 0.375. The highest BCUT2D eigenvalue weighted by Crippen LogP contribution is 2.29. The van der Waals surface area contributed by atoms with Crippen LogP contribution in [0.4, 0.5) is 5.69 Å². The molecule has 1 amide bonds. The Morgan fingerprint density at radius 1 is 0.970 bits per heavy atom. The minimum absolute atomic E-state index is 0.00333. The summed E-state index contributed by atoms with van der Waals surface area (Å²) in [6.45, 7) is 0. The van der Waals surface area contributed by atoms with E-state index in [9.17, 15) is 14.4 Å². The third kappa shape index (κ3) is 5.84. The van der Waals surface area contributed by atoms with Crippen LogP contribution in [0.5, 0.6) is 0 Å². The van der Waals surface area contributed by atoms with Crippen LogP contribution in [0.1, 0.15) is 20.7 Å². The van der Waals surface area contributed by atoms with E-state index in [1.165, 1.54) is 32.4 Å². The van der Waals surface area contributed by atoms with Gasteiger partial charge in [-0.05, 0) is 36.4 Å². The average molecular weight is 509 g/mol. The van der Waals surface area contributed by atoms with Crippen molar-refractivity contribution in [3.8, 4) is 11.4 Å². The van der Waals surface area contributed by atoms with Crippen molar-refractivity contribution < 1.29 is 23.9 Å². The largest absolute Gasteiger partial charge is 0.465 e. The number of esters is 2. The molecule has 9 nitrogen and oxygen atoms in total. The lowest BCUT2D eigenvalue weighted by Gasteiger charge is -2.09. The number of methoxy groups -OCH3 is 2. The van der Waals surface area contributed by atoms with Crippen LogP contribution in [-0.2, 0) is 21.3 Å². The van der Waals surface area contributed by atoms with E-state index >= 15 is 0 Å². The first-order chi connectivity index (χ1) is 15.7. The normalized spacial score (nSPS) is 10.6. The number of hydrogen-bond donors (Lipinski definition) is 1. The second-order valence-corrected chi connectivity index (χ2v) is 8.37. The molecule has 0 saturated carbocycles. The van der Waals surface area contributed by atoms with Crippen LogP contribution in [0, 0.1) is 0 Å². The van der Waals surface area contributed by atoms with Crippen LogP contribution < -0.4 is 5.32 Å². The first kappa shape index (κ1) is 24.6. The zero-order valence-corrected chi connectivity index (χ0v) is 20.0. The van der Waals surface area contributed by atoms with Crippen molar-refractivity contribution in [3.05, 3.63) is 57.6 Å². The third-order valence-electron chi connectivity index (χ3n) is 4.40. The maximum atomic E-state index is 12.5. The third-order valence-corrected chi connectivity index (χ3v) is 6.16. The summed E-state index contributed by atoms with van der Waals surface area (Å²) in [7, 11) is 4.20. The second-order valence-electron chi connectivity index (χ2n) is 6.61. The number of anilines is 1. The van der Waals surface area contributed by atoms with Gasteiger partial charge in [-0.25, -0.2) is 9.59 Å². The number of nitrogens with one attached hydrogen (secondary N) is 1. The molecule has 12 heteroatoms. The number of carbonyl (C=O) groups is 3. The number of rotatable bonds is 7. The molecule has 1 aromatic heterocycles. The molecule has 2 aromatic carbocycles. The number of aromatic nitrogens is 3. The highest BCUT2D eigenvalue weighted by Gasteiger charge is 2.17. The van der Waals surface area contributed by atoms with E-state index in [1.54, 1.807) is 29.8 Å². The highest BCUT2D eigenvalue weighted by molar-refractivity contribution is 7.99.